The predicted octanol–water partition coefficient (Wildman–Crippen LogP) is 13.4. The van der Waals surface area contributed by atoms with Gasteiger partial charge >= 0.3 is 0 Å². The largest absolute Gasteiger partial charge is 0.455 e. The summed E-state index contributed by atoms with van der Waals surface area (Å²) in [7, 11) is 0. The van der Waals surface area contributed by atoms with E-state index in [0.717, 1.165) is 66.5 Å². The second-order valence-electron chi connectivity index (χ2n) is 14.8. The van der Waals surface area contributed by atoms with Gasteiger partial charge in [0.1, 0.15) is 22.8 Å². The number of aromatic nitrogens is 4. The van der Waals surface area contributed by atoms with Gasteiger partial charge in [-0.3, -0.25) is 0 Å². The Balaban J connectivity index is 1.18. The van der Waals surface area contributed by atoms with Crippen LogP contribution in [0.5, 0.6) is 0 Å². The first-order valence-electron chi connectivity index (χ1n) is 19.7. The average molecular weight is 754 g/mol. The van der Waals surface area contributed by atoms with Crippen molar-refractivity contribution in [3.05, 3.63) is 194 Å². The Kier molecular flexibility index (Phi) is 7.19. The van der Waals surface area contributed by atoms with E-state index in [1.165, 1.54) is 21.5 Å². The van der Waals surface area contributed by atoms with Crippen molar-refractivity contribution < 1.29 is 4.42 Å². The van der Waals surface area contributed by atoms with Crippen LogP contribution in [0.15, 0.2) is 192 Å². The fourth-order valence-corrected chi connectivity index (χ4v) is 9.10. The van der Waals surface area contributed by atoms with Crippen molar-refractivity contribution in [2.45, 2.75) is 0 Å². The maximum absolute atomic E-state index is 10.6. The molecule has 6 heteroatoms. The van der Waals surface area contributed by atoms with E-state index in [2.05, 4.69) is 130 Å². The van der Waals surface area contributed by atoms with Gasteiger partial charge in [-0.25, -0.2) is 9.97 Å². The highest BCUT2D eigenvalue weighted by atomic mass is 16.3. The SMILES string of the molecule is N#Cc1c(-c2ccccc2)nc(-c2ccc(-n3c4ccccc4c4c5c6ccccc6n(-c6ccccc6)c5ccc43)c3c2oc2ccccc23)nc1-c1ccccc1. The zero-order valence-electron chi connectivity index (χ0n) is 31.5. The molecule has 0 saturated heterocycles. The van der Waals surface area contributed by atoms with Crippen LogP contribution in [0, 0.1) is 11.3 Å². The maximum atomic E-state index is 10.6. The number of rotatable bonds is 5. The highest BCUT2D eigenvalue weighted by Gasteiger charge is 2.26. The molecule has 12 aromatic rings. The number of nitriles is 1. The number of hydrogen-bond donors (Lipinski definition) is 0. The standard InChI is InChI=1S/C53H31N5O/c54-32-40-50(33-16-4-1-5-17-33)55-53(56-51(40)34-18-6-2-7-19-34)39-28-29-45(49-38-24-12-15-27-46(38)59-52(39)49)58-42-26-14-11-23-37(42)48-44(58)31-30-43-47(48)36-22-10-13-25-41(36)57(43)35-20-8-3-9-21-35/h1-31H. The van der Waals surface area contributed by atoms with Gasteiger partial charge in [0.2, 0.25) is 0 Å². The van der Waals surface area contributed by atoms with E-state index in [0.29, 0.717) is 28.4 Å². The molecule has 6 nitrogen and oxygen atoms in total. The Bertz CT molecular complexity index is 3610. The Morgan fingerprint density at radius 3 is 1.56 bits per heavy atom. The third-order valence-electron chi connectivity index (χ3n) is 11.6. The predicted molar refractivity (Wildman–Crippen MR) is 239 cm³/mol. The molecule has 4 aromatic heterocycles. The maximum Gasteiger partial charge on any atom is 0.164 e. The van der Waals surface area contributed by atoms with Gasteiger partial charge in [-0.2, -0.15) is 5.26 Å². The average Bonchev–Trinajstić information content (AvgIpc) is 3.97. The van der Waals surface area contributed by atoms with Crippen LogP contribution in [0.2, 0.25) is 0 Å². The highest BCUT2D eigenvalue weighted by molar-refractivity contribution is 6.29. The fourth-order valence-electron chi connectivity index (χ4n) is 9.10. The zero-order valence-corrected chi connectivity index (χ0v) is 31.5. The number of furan rings is 1. The molecule has 59 heavy (non-hydrogen) atoms. The minimum atomic E-state index is 0.425. The first-order chi connectivity index (χ1) is 29.3. The summed E-state index contributed by atoms with van der Waals surface area (Å²) in [6.45, 7) is 0. The number of fused-ring (bicyclic) bond motifs is 10. The first kappa shape index (κ1) is 32.9. The third-order valence-corrected chi connectivity index (χ3v) is 11.6. The molecular weight excluding hydrogens is 723 g/mol. The molecule has 0 amide bonds. The van der Waals surface area contributed by atoms with Crippen LogP contribution in [-0.2, 0) is 0 Å². The molecule has 12 rings (SSSR count). The normalized spacial score (nSPS) is 11.7. The van der Waals surface area contributed by atoms with Crippen molar-refractivity contribution in [3.63, 3.8) is 0 Å². The van der Waals surface area contributed by atoms with Gasteiger partial charge in [0.25, 0.3) is 0 Å². The van der Waals surface area contributed by atoms with Gasteiger partial charge in [-0.15, -0.1) is 0 Å². The van der Waals surface area contributed by atoms with Crippen LogP contribution in [-0.4, -0.2) is 19.1 Å². The van der Waals surface area contributed by atoms with Gasteiger partial charge in [-0.05, 0) is 54.6 Å². The van der Waals surface area contributed by atoms with Crippen LogP contribution in [0.3, 0.4) is 0 Å². The summed E-state index contributed by atoms with van der Waals surface area (Å²) in [4.78, 5) is 10.3. The zero-order chi connectivity index (χ0) is 39.0. The van der Waals surface area contributed by atoms with Crippen molar-refractivity contribution in [1.29, 1.82) is 5.26 Å². The second-order valence-corrected chi connectivity index (χ2v) is 14.8. The smallest absolute Gasteiger partial charge is 0.164 e. The molecule has 0 fully saturated rings. The molecule has 0 bridgehead atoms. The van der Waals surface area contributed by atoms with Crippen molar-refractivity contribution in [2.24, 2.45) is 0 Å². The molecule has 0 aliphatic heterocycles. The summed E-state index contributed by atoms with van der Waals surface area (Å²) in [5, 5.41) is 17.3. The summed E-state index contributed by atoms with van der Waals surface area (Å²) in [6, 6.07) is 67.1. The first-order valence-corrected chi connectivity index (χ1v) is 19.7. The molecule has 274 valence electrons. The monoisotopic (exact) mass is 753 g/mol. The lowest BCUT2D eigenvalue weighted by Gasteiger charge is -2.14. The Morgan fingerprint density at radius 2 is 0.949 bits per heavy atom. The molecule has 0 unspecified atom stereocenters. The topological polar surface area (TPSA) is 72.6 Å². The number of benzene rings is 8. The Morgan fingerprint density at radius 1 is 0.441 bits per heavy atom. The van der Waals surface area contributed by atoms with Crippen LogP contribution < -0.4 is 0 Å². The molecule has 4 heterocycles. The fraction of sp³-hybridized carbons (Fsp3) is 0. The minimum Gasteiger partial charge on any atom is -0.455 e. The van der Waals surface area contributed by atoms with Gasteiger partial charge in [0, 0.05) is 43.7 Å². The summed E-state index contributed by atoms with van der Waals surface area (Å²) in [5.74, 6) is 0.481. The molecule has 0 saturated carbocycles. The van der Waals surface area contributed by atoms with E-state index in [4.69, 9.17) is 14.4 Å². The van der Waals surface area contributed by atoms with E-state index in [-0.39, 0.29) is 0 Å². The lowest BCUT2D eigenvalue weighted by molar-refractivity contribution is 0.669. The molecule has 0 aliphatic rings. The number of para-hydroxylation sites is 4. The summed E-state index contributed by atoms with van der Waals surface area (Å²) >= 11 is 0. The lowest BCUT2D eigenvalue weighted by Crippen LogP contribution is -2.02. The molecule has 0 aliphatic carbocycles. The summed E-state index contributed by atoms with van der Waals surface area (Å²) in [5.41, 5.74) is 12.1. The van der Waals surface area contributed by atoms with E-state index in [1.54, 1.807) is 0 Å². The molecule has 0 N–H and O–H groups in total. The third kappa shape index (κ3) is 4.86. The van der Waals surface area contributed by atoms with Gasteiger partial charge < -0.3 is 13.6 Å². The van der Waals surface area contributed by atoms with E-state index >= 15 is 0 Å². The summed E-state index contributed by atoms with van der Waals surface area (Å²) < 4.78 is 11.6. The van der Waals surface area contributed by atoms with E-state index in [9.17, 15) is 5.26 Å². The number of hydrogen-bond acceptors (Lipinski definition) is 4. The van der Waals surface area contributed by atoms with Crippen LogP contribution in [0.25, 0.3) is 111 Å². The van der Waals surface area contributed by atoms with E-state index in [1.807, 2.05) is 72.8 Å². The number of nitrogens with zero attached hydrogens (tertiary/aromatic N) is 5. The van der Waals surface area contributed by atoms with Gasteiger partial charge in [0.05, 0.1) is 50.1 Å². The van der Waals surface area contributed by atoms with Crippen molar-refractivity contribution in [2.75, 3.05) is 0 Å². The molecule has 0 atom stereocenters. The van der Waals surface area contributed by atoms with Crippen LogP contribution in [0.4, 0.5) is 0 Å². The van der Waals surface area contributed by atoms with Crippen LogP contribution >= 0.6 is 0 Å². The highest BCUT2D eigenvalue weighted by Crippen LogP contribution is 2.46. The second kappa shape index (κ2) is 12.9. The van der Waals surface area contributed by atoms with Gasteiger partial charge in [0.15, 0.2) is 5.82 Å². The summed E-state index contributed by atoms with van der Waals surface area (Å²) in [6.07, 6.45) is 0. The van der Waals surface area contributed by atoms with Crippen molar-refractivity contribution >= 4 is 65.6 Å². The molecule has 8 aromatic carbocycles. The van der Waals surface area contributed by atoms with E-state index < -0.39 is 0 Å². The van der Waals surface area contributed by atoms with Crippen LogP contribution in [0.1, 0.15) is 5.56 Å². The quantitative estimate of drug-likeness (QED) is 0.175. The van der Waals surface area contributed by atoms with Gasteiger partial charge in [-0.1, -0.05) is 133 Å². The van der Waals surface area contributed by atoms with Crippen molar-refractivity contribution in [3.8, 4) is 51.3 Å². The Labute approximate surface area is 338 Å². The van der Waals surface area contributed by atoms with Crippen molar-refractivity contribution in [1.82, 2.24) is 19.1 Å². The Hall–Kier alpha value is -8.27. The molecule has 0 spiro atoms. The molecule has 0 radical (unpaired) electrons. The molecular formula is C53H31N5O. The lowest BCUT2D eigenvalue weighted by atomic mass is 9.99. The minimum absolute atomic E-state index is 0.425.